The summed E-state index contributed by atoms with van der Waals surface area (Å²) < 4.78 is 0. The normalized spacial score (nSPS) is 7.44. The number of aromatic nitrogens is 16. The number of hydrogen-bond acceptors (Lipinski definition) is 16. The van der Waals surface area contributed by atoms with Gasteiger partial charge in [-0.05, 0) is 47.1 Å². The topological polar surface area (TPSA) is 206 Å². The van der Waals surface area contributed by atoms with Gasteiger partial charge in [0.1, 0.15) is 43.3 Å². The molecule has 0 amide bonds. The standard InChI is InChI=1S/2C5H6N2.4C4H5N3.6C2H6/c1-5-2-6-4-7-3-5;1-5-4-6-2-3-7-5;1-4-6-2-5-3-7-4;1-4-2-6-7-3-5-4;1-4-2-5-3-6-7-4;1-4-5-2-3-6-7-4;6*1-2/h2*2-4H,1H3;4*2-3H,1H3;6*1-2H3. The van der Waals surface area contributed by atoms with Gasteiger partial charge in [-0.1, -0.05) is 83.1 Å². The Morgan fingerprint density at radius 2 is 0.815 bits per heavy atom. The average Bonchev–Trinajstić information content (AvgIpc) is 3.25. The molecule has 0 aliphatic heterocycles. The van der Waals surface area contributed by atoms with E-state index in [-0.39, 0.29) is 0 Å². The van der Waals surface area contributed by atoms with Gasteiger partial charge in [0.05, 0.1) is 35.7 Å². The number of rotatable bonds is 0. The lowest BCUT2D eigenvalue weighted by atomic mass is 10.4. The summed E-state index contributed by atoms with van der Waals surface area (Å²) in [5.74, 6) is 1.47. The van der Waals surface area contributed by atoms with Gasteiger partial charge in [-0.3, -0.25) is 9.97 Å². The SMILES string of the molecule is CC.CC.CC.CC.CC.CC.Cc1cnccn1.Cc1cncnc1.Cc1cncnn1.Cc1cnncn1.Cc1nccnn1.Cc1ncncn1. The minimum absolute atomic E-state index is 0.711. The maximum absolute atomic E-state index is 3.92. The van der Waals surface area contributed by atoms with Crippen LogP contribution in [0.1, 0.15) is 117 Å². The van der Waals surface area contributed by atoms with Crippen molar-refractivity contribution in [1.82, 2.24) is 80.4 Å². The highest BCUT2D eigenvalue weighted by Gasteiger charge is 1.78. The van der Waals surface area contributed by atoms with Crippen LogP contribution in [-0.4, -0.2) is 80.4 Å². The molecule has 16 heteroatoms. The molecule has 300 valence electrons. The van der Waals surface area contributed by atoms with Crippen LogP contribution in [-0.2, 0) is 0 Å². The van der Waals surface area contributed by atoms with Crippen molar-refractivity contribution >= 4 is 0 Å². The Hall–Kier alpha value is -5.80. The van der Waals surface area contributed by atoms with Crippen molar-refractivity contribution in [1.29, 1.82) is 0 Å². The average molecular weight is 749 g/mol. The van der Waals surface area contributed by atoms with Crippen LogP contribution in [0.3, 0.4) is 0 Å². The second-order valence-corrected chi connectivity index (χ2v) is 7.63. The first kappa shape index (κ1) is 60.3. The maximum Gasteiger partial charge on any atom is 0.147 e. The van der Waals surface area contributed by atoms with Crippen molar-refractivity contribution in [2.24, 2.45) is 0 Å². The van der Waals surface area contributed by atoms with Gasteiger partial charge in [0.15, 0.2) is 0 Å². The first-order valence-electron chi connectivity index (χ1n) is 18.2. The fourth-order valence-corrected chi connectivity index (χ4v) is 1.97. The van der Waals surface area contributed by atoms with Crippen LogP contribution in [0.2, 0.25) is 0 Å². The van der Waals surface area contributed by atoms with Gasteiger partial charge in [0, 0.05) is 37.2 Å². The molecule has 0 spiro atoms. The Morgan fingerprint density at radius 3 is 1.04 bits per heavy atom. The molecule has 16 nitrogen and oxygen atoms in total. The molecule has 0 saturated carbocycles. The zero-order valence-electron chi connectivity index (χ0n) is 36.2. The molecule has 0 saturated heterocycles. The van der Waals surface area contributed by atoms with E-state index in [2.05, 4.69) is 80.4 Å². The van der Waals surface area contributed by atoms with Crippen LogP contribution < -0.4 is 0 Å². The second-order valence-electron chi connectivity index (χ2n) is 7.63. The third-order valence-electron chi connectivity index (χ3n) is 3.82. The maximum atomic E-state index is 3.92. The number of aryl methyl sites for hydroxylation is 6. The van der Waals surface area contributed by atoms with Gasteiger partial charge in [-0.15, -0.1) is 15.3 Å². The highest BCUT2D eigenvalue weighted by atomic mass is 15.1. The molecule has 0 N–H and O–H groups in total. The summed E-state index contributed by atoms with van der Waals surface area (Å²) in [6, 6.07) is 0. The summed E-state index contributed by atoms with van der Waals surface area (Å²) in [5, 5.41) is 21.4. The molecule has 0 fully saturated rings. The van der Waals surface area contributed by atoms with Crippen molar-refractivity contribution in [3.8, 4) is 0 Å². The minimum atomic E-state index is 0.711. The lowest BCUT2D eigenvalue weighted by Gasteiger charge is -1.81. The van der Waals surface area contributed by atoms with E-state index in [9.17, 15) is 0 Å². The van der Waals surface area contributed by atoms with Crippen LogP contribution >= 0.6 is 0 Å². The highest BCUT2D eigenvalue weighted by molar-refractivity contribution is 4.97. The smallest absolute Gasteiger partial charge is 0.147 e. The van der Waals surface area contributed by atoms with E-state index in [1.165, 1.54) is 31.6 Å². The Morgan fingerprint density at radius 1 is 0.296 bits per heavy atom. The minimum Gasteiger partial charge on any atom is -0.261 e. The fraction of sp³-hybridized carbons (Fsp3) is 0.474. The van der Waals surface area contributed by atoms with Gasteiger partial charge in [0.2, 0.25) is 0 Å². The predicted molar refractivity (Wildman–Crippen MR) is 220 cm³/mol. The predicted octanol–water partition coefficient (Wildman–Crippen LogP) is 8.45. The third kappa shape index (κ3) is 53.0. The molecule has 54 heavy (non-hydrogen) atoms. The van der Waals surface area contributed by atoms with Crippen LogP contribution in [0.15, 0.2) is 87.4 Å². The first-order chi connectivity index (χ1) is 26.4. The van der Waals surface area contributed by atoms with Crippen molar-refractivity contribution < 1.29 is 0 Å². The molecule has 0 aliphatic carbocycles. The van der Waals surface area contributed by atoms with Gasteiger partial charge in [0.25, 0.3) is 0 Å². The van der Waals surface area contributed by atoms with Crippen LogP contribution in [0.25, 0.3) is 0 Å². The van der Waals surface area contributed by atoms with Crippen molar-refractivity contribution in [3.05, 3.63) is 122 Å². The van der Waals surface area contributed by atoms with Crippen molar-refractivity contribution in [3.63, 3.8) is 0 Å². The quantitative estimate of drug-likeness (QED) is 0.143. The third-order valence-corrected chi connectivity index (χ3v) is 3.82. The molecular weight excluding hydrogens is 681 g/mol. The molecule has 0 atom stereocenters. The molecule has 0 aromatic carbocycles. The van der Waals surface area contributed by atoms with E-state index in [1.54, 1.807) is 62.7 Å². The van der Waals surface area contributed by atoms with Crippen LogP contribution in [0, 0.1) is 41.5 Å². The molecule has 0 bridgehead atoms. The van der Waals surface area contributed by atoms with E-state index in [0.717, 1.165) is 28.5 Å². The zero-order valence-corrected chi connectivity index (χ0v) is 36.2. The summed E-state index contributed by atoms with van der Waals surface area (Å²) in [7, 11) is 0. The highest BCUT2D eigenvalue weighted by Crippen LogP contribution is 1.84. The second kappa shape index (κ2) is 56.6. The summed E-state index contributed by atoms with van der Waals surface area (Å²) in [4.78, 5) is 37.7. The van der Waals surface area contributed by atoms with Gasteiger partial charge < -0.3 is 0 Å². The molecule has 0 unspecified atom stereocenters. The van der Waals surface area contributed by atoms with Crippen LogP contribution in [0.5, 0.6) is 0 Å². The van der Waals surface area contributed by atoms with Gasteiger partial charge >= 0.3 is 0 Å². The summed E-state index contributed by atoms with van der Waals surface area (Å²) >= 11 is 0. The van der Waals surface area contributed by atoms with Crippen LogP contribution in [0.4, 0.5) is 0 Å². The fourth-order valence-electron chi connectivity index (χ4n) is 1.97. The van der Waals surface area contributed by atoms with Crippen molar-refractivity contribution in [2.75, 3.05) is 0 Å². The Kier molecular flexibility index (Phi) is 63.2. The Labute approximate surface area is 326 Å². The van der Waals surface area contributed by atoms with E-state index in [1.807, 2.05) is 118 Å². The molecule has 6 heterocycles. The monoisotopic (exact) mass is 749 g/mol. The lowest BCUT2D eigenvalue weighted by Crippen LogP contribution is -1.85. The van der Waals surface area contributed by atoms with E-state index in [0.29, 0.717) is 5.82 Å². The van der Waals surface area contributed by atoms with Crippen molar-refractivity contribution in [2.45, 2.75) is 125 Å². The first-order valence-corrected chi connectivity index (χ1v) is 18.2. The van der Waals surface area contributed by atoms with E-state index < -0.39 is 0 Å². The van der Waals surface area contributed by atoms with Gasteiger partial charge in [-0.2, -0.15) is 15.3 Å². The van der Waals surface area contributed by atoms with E-state index >= 15 is 0 Å². The summed E-state index contributed by atoms with van der Waals surface area (Å²) in [5.41, 5.74) is 3.81. The molecule has 6 rings (SSSR count). The largest absolute Gasteiger partial charge is 0.261 e. The summed E-state index contributed by atoms with van der Waals surface area (Å²) in [6.07, 6.45) is 22.3. The number of hydrogen-bond donors (Lipinski definition) is 0. The lowest BCUT2D eigenvalue weighted by molar-refractivity contribution is 0.907. The molecular formula is C38H68N16. The summed E-state index contributed by atoms with van der Waals surface area (Å²) in [6.45, 7) is 35.2. The molecule has 0 aliphatic rings. The molecule has 0 radical (unpaired) electrons. The van der Waals surface area contributed by atoms with E-state index in [4.69, 9.17) is 0 Å². The molecule has 6 aromatic rings. The Bertz CT molecular complexity index is 1120. The van der Waals surface area contributed by atoms with Gasteiger partial charge in [-0.25, -0.2) is 39.9 Å². The zero-order chi connectivity index (χ0) is 42.7. The Balaban J connectivity index is -0.000000121. The number of nitrogens with zero attached hydrogens (tertiary/aromatic N) is 16. The molecule has 6 aromatic heterocycles.